The molecule has 2 aromatic heterocycles. The van der Waals surface area contributed by atoms with Crippen LogP contribution in [0.4, 0.5) is 5.82 Å². The first-order valence-corrected chi connectivity index (χ1v) is 10.0. The van der Waals surface area contributed by atoms with Crippen LogP contribution in [0.15, 0.2) is 54.8 Å². The second kappa shape index (κ2) is 8.23. The third kappa shape index (κ3) is 3.78. The van der Waals surface area contributed by atoms with Gasteiger partial charge >= 0.3 is 0 Å². The summed E-state index contributed by atoms with van der Waals surface area (Å²) in [5.74, 6) is 2.45. The zero-order valence-corrected chi connectivity index (χ0v) is 17.3. The minimum Gasteiger partial charge on any atom is -0.488 e. The van der Waals surface area contributed by atoms with E-state index in [1.165, 1.54) is 4.90 Å². The molecule has 1 amide bonds. The molecule has 0 unspecified atom stereocenters. The second-order valence-corrected chi connectivity index (χ2v) is 7.56. The number of carbonyl (C=O) groups excluding carboxylic acids is 1. The van der Waals surface area contributed by atoms with Gasteiger partial charge in [-0.25, -0.2) is 9.97 Å². The average molecular weight is 406 g/mol. The summed E-state index contributed by atoms with van der Waals surface area (Å²) in [7, 11) is 1.70. The SMILES string of the molecule is C=C(/C=C\C=C/C)C1(c2n[nH]c(CN[C@H]3COc4cccnc4N(C)C3=O)n2)CC1. The van der Waals surface area contributed by atoms with Crippen LogP contribution in [0, 0.1) is 0 Å². The van der Waals surface area contributed by atoms with Gasteiger partial charge in [-0.3, -0.25) is 20.1 Å². The van der Waals surface area contributed by atoms with E-state index in [2.05, 4.69) is 32.1 Å². The molecule has 4 rings (SSSR count). The summed E-state index contributed by atoms with van der Waals surface area (Å²) in [4.78, 5) is 23.2. The Hall–Kier alpha value is -3.26. The third-order valence-electron chi connectivity index (χ3n) is 5.54. The number of hydrogen-bond acceptors (Lipinski definition) is 6. The van der Waals surface area contributed by atoms with Crippen LogP contribution in [-0.2, 0) is 16.8 Å². The number of ether oxygens (including phenoxy) is 1. The van der Waals surface area contributed by atoms with E-state index in [4.69, 9.17) is 4.74 Å². The molecule has 30 heavy (non-hydrogen) atoms. The highest BCUT2D eigenvalue weighted by Crippen LogP contribution is 2.52. The van der Waals surface area contributed by atoms with E-state index in [-0.39, 0.29) is 17.9 Å². The van der Waals surface area contributed by atoms with Crippen LogP contribution < -0.4 is 15.0 Å². The van der Waals surface area contributed by atoms with Crippen molar-refractivity contribution in [3.63, 3.8) is 0 Å². The Morgan fingerprint density at radius 1 is 1.47 bits per heavy atom. The number of amides is 1. The number of fused-ring (bicyclic) bond motifs is 1. The molecule has 8 heteroatoms. The number of nitrogens with zero attached hydrogens (tertiary/aromatic N) is 4. The molecular formula is C22H26N6O2. The van der Waals surface area contributed by atoms with Crippen molar-refractivity contribution in [2.45, 2.75) is 37.8 Å². The largest absolute Gasteiger partial charge is 0.488 e. The van der Waals surface area contributed by atoms with Crippen LogP contribution in [-0.4, -0.2) is 45.8 Å². The number of aromatic amines is 1. The van der Waals surface area contributed by atoms with Crippen LogP contribution in [0.3, 0.4) is 0 Å². The van der Waals surface area contributed by atoms with E-state index >= 15 is 0 Å². The first-order chi connectivity index (χ1) is 14.5. The van der Waals surface area contributed by atoms with Crippen LogP contribution in [0.2, 0.25) is 0 Å². The second-order valence-electron chi connectivity index (χ2n) is 7.56. The Labute approximate surface area is 175 Å². The topological polar surface area (TPSA) is 96.0 Å². The van der Waals surface area contributed by atoms with Crippen molar-refractivity contribution in [2.24, 2.45) is 0 Å². The van der Waals surface area contributed by atoms with Crippen molar-refractivity contribution in [3.8, 4) is 5.75 Å². The smallest absolute Gasteiger partial charge is 0.248 e. The maximum absolute atomic E-state index is 12.8. The Kier molecular flexibility index (Phi) is 5.50. The number of carbonyl (C=O) groups is 1. The fraction of sp³-hybridized carbons (Fsp3) is 0.364. The molecule has 0 spiro atoms. The Balaban J connectivity index is 1.40. The fourth-order valence-corrected chi connectivity index (χ4v) is 3.54. The monoisotopic (exact) mass is 406 g/mol. The van der Waals surface area contributed by atoms with Crippen molar-refractivity contribution in [3.05, 3.63) is 66.4 Å². The molecule has 0 radical (unpaired) electrons. The summed E-state index contributed by atoms with van der Waals surface area (Å²) < 4.78 is 5.78. The molecule has 1 saturated carbocycles. The quantitative estimate of drug-likeness (QED) is 0.686. The van der Waals surface area contributed by atoms with Crippen molar-refractivity contribution in [1.82, 2.24) is 25.5 Å². The summed E-state index contributed by atoms with van der Waals surface area (Å²) >= 11 is 0. The van der Waals surface area contributed by atoms with E-state index in [1.807, 2.05) is 37.3 Å². The highest BCUT2D eigenvalue weighted by atomic mass is 16.5. The summed E-state index contributed by atoms with van der Waals surface area (Å²) in [5.41, 5.74) is 0.833. The van der Waals surface area contributed by atoms with Crippen LogP contribution in [0.1, 0.15) is 31.4 Å². The number of hydrogen-bond donors (Lipinski definition) is 2. The van der Waals surface area contributed by atoms with Gasteiger partial charge < -0.3 is 4.74 Å². The lowest BCUT2D eigenvalue weighted by atomic mass is 9.96. The van der Waals surface area contributed by atoms with Crippen LogP contribution >= 0.6 is 0 Å². The van der Waals surface area contributed by atoms with Crippen molar-refractivity contribution < 1.29 is 9.53 Å². The van der Waals surface area contributed by atoms with Gasteiger partial charge in [0.2, 0.25) is 5.91 Å². The average Bonchev–Trinajstić information content (AvgIpc) is 3.46. The van der Waals surface area contributed by atoms with Gasteiger partial charge in [-0.2, -0.15) is 5.10 Å². The maximum Gasteiger partial charge on any atom is 0.248 e. The predicted octanol–water partition coefficient (Wildman–Crippen LogP) is 2.43. The van der Waals surface area contributed by atoms with Gasteiger partial charge in [-0.1, -0.05) is 30.9 Å². The van der Waals surface area contributed by atoms with Gasteiger partial charge in [0.15, 0.2) is 17.4 Å². The van der Waals surface area contributed by atoms with E-state index < -0.39 is 6.04 Å². The summed E-state index contributed by atoms with van der Waals surface area (Å²) in [6, 6.07) is 3.09. The Morgan fingerprint density at radius 3 is 3.07 bits per heavy atom. The lowest BCUT2D eigenvalue weighted by Gasteiger charge is -2.19. The number of nitrogens with one attached hydrogen (secondary N) is 2. The van der Waals surface area contributed by atoms with Gasteiger partial charge in [-0.15, -0.1) is 0 Å². The molecule has 156 valence electrons. The van der Waals surface area contributed by atoms with E-state index in [0.29, 0.717) is 23.9 Å². The molecule has 0 saturated heterocycles. The van der Waals surface area contributed by atoms with Crippen molar-refractivity contribution >= 4 is 11.7 Å². The first kappa shape index (κ1) is 20.0. The molecule has 2 aromatic rings. The van der Waals surface area contributed by atoms with Gasteiger partial charge in [-0.05, 0) is 37.5 Å². The Bertz CT molecular complexity index is 1000. The minimum atomic E-state index is -0.508. The molecule has 2 aliphatic rings. The molecule has 1 atom stereocenters. The Morgan fingerprint density at radius 2 is 2.30 bits per heavy atom. The molecule has 1 fully saturated rings. The number of H-pyrrole nitrogens is 1. The molecule has 3 heterocycles. The number of allylic oxidation sites excluding steroid dienone is 5. The van der Waals surface area contributed by atoms with Crippen molar-refractivity contribution in [2.75, 3.05) is 18.6 Å². The molecule has 0 aromatic carbocycles. The summed E-state index contributed by atoms with van der Waals surface area (Å²) in [5, 5.41) is 10.6. The molecule has 1 aliphatic carbocycles. The van der Waals surface area contributed by atoms with E-state index in [9.17, 15) is 4.79 Å². The zero-order chi connectivity index (χ0) is 21.1. The number of pyridine rings is 1. The highest BCUT2D eigenvalue weighted by molar-refractivity contribution is 5.97. The summed E-state index contributed by atoms with van der Waals surface area (Å²) in [6.07, 6.45) is 11.6. The number of anilines is 1. The fourth-order valence-electron chi connectivity index (χ4n) is 3.54. The zero-order valence-electron chi connectivity index (χ0n) is 17.3. The predicted molar refractivity (Wildman–Crippen MR) is 114 cm³/mol. The molecule has 2 N–H and O–H groups in total. The standard InChI is InChI=1S/C22H26N6O2/c1-4-5-6-8-15(2)22(10-11-22)21-25-18(26-27-21)13-24-16-14-30-17-9-7-12-23-19(17)28(3)20(16)29/h4-9,12,16,24H,2,10-11,13-14H2,1,3H3,(H,25,26,27)/b5-4-,8-6-/t16-/m0/s1. The van der Waals surface area contributed by atoms with Crippen LogP contribution in [0.5, 0.6) is 5.75 Å². The number of rotatable bonds is 7. The first-order valence-electron chi connectivity index (χ1n) is 10.0. The molecule has 0 bridgehead atoms. The maximum atomic E-state index is 12.8. The van der Waals surface area contributed by atoms with E-state index in [0.717, 1.165) is 24.2 Å². The van der Waals surface area contributed by atoms with Gasteiger partial charge in [0.1, 0.15) is 18.5 Å². The summed E-state index contributed by atoms with van der Waals surface area (Å²) in [6.45, 7) is 6.79. The normalized spacial score (nSPS) is 20.3. The lowest BCUT2D eigenvalue weighted by molar-refractivity contribution is -0.120. The van der Waals surface area contributed by atoms with Gasteiger partial charge in [0.25, 0.3) is 0 Å². The number of aromatic nitrogens is 4. The number of likely N-dealkylation sites (N-methyl/N-ethyl adjacent to an activating group) is 1. The molecule has 8 nitrogen and oxygen atoms in total. The van der Waals surface area contributed by atoms with Crippen molar-refractivity contribution in [1.29, 1.82) is 0 Å². The third-order valence-corrected chi connectivity index (χ3v) is 5.54. The van der Waals surface area contributed by atoms with Gasteiger partial charge in [0, 0.05) is 13.2 Å². The lowest BCUT2D eigenvalue weighted by Crippen LogP contribution is -2.47. The molecule has 1 aliphatic heterocycles. The van der Waals surface area contributed by atoms with Gasteiger partial charge in [0.05, 0.1) is 12.0 Å². The molecular weight excluding hydrogens is 380 g/mol. The van der Waals surface area contributed by atoms with E-state index in [1.54, 1.807) is 19.3 Å². The highest BCUT2D eigenvalue weighted by Gasteiger charge is 2.49. The minimum absolute atomic E-state index is 0.103. The van der Waals surface area contributed by atoms with Crippen LogP contribution in [0.25, 0.3) is 0 Å².